The SMILES string of the molecule is CCCCC(=O)NN=C(C)c1cccc(O)c1. The van der Waals surface area contributed by atoms with Crippen molar-refractivity contribution in [2.24, 2.45) is 5.10 Å². The zero-order chi connectivity index (χ0) is 12.7. The second kappa shape index (κ2) is 6.68. The summed E-state index contributed by atoms with van der Waals surface area (Å²) < 4.78 is 0. The molecule has 0 saturated heterocycles. The molecule has 0 atom stereocenters. The van der Waals surface area contributed by atoms with Crippen molar-refractivity contribution >= 4 is 11.6 Å². The highest BCUT2D eigenvalue weighted by atomic mass is 16.3. The molecule has 0 radical (unpaired) electrons. The van der Waals surface area contributed by atoms with E-state index in [-0.39, 0.29) is 11.7 Å². The van der Waals surface area contributed by atoms with Gasteiger partial charge in [-0.05, 0) is 25.5 Å². The maximum Gasteiger partial charge on any atom is 0.240 e. The molecule has 0 unspecified atom stereocenters. The highest BCUT2D eigenvalue weighted by Crippen LogP contribution is 2.11. The third kappa shape index (κ3) is 4.68. The van der Waals surface area contributed by atoms with Gasteiger partial charge in [-0.15, -0.1) is 0 Å². The molecule has 1 rings (SSSR count). The number of hydrogen-bond donors (Lipinski definition) is 2. The normalized spacial score (nSPS) is 11.3. The van der Waals surface area contributed by atoms with Crippen LogP contribution in [0.5, 0.6) is 5.75 Å². The number of benzene rings is 1. The number of hydrogen-bond acceptors (Lipinski definition) is 3. The Morgan fingerprint density at radius 2 is 2.24 bits per heavy atom. The Hall–Kier alpha value is -1.84. The predicted molar refractivity (Wildman–Crippen MR) is 68.0 cm³/mol. The molecule has 0 aliphatic heterocycles. The van der Waals surface area contributed by atoms with Gasteiger partial charge in [0.25, 0.3) is 0 Å². The number of carbonyl (C=O) groups excluding carboxylic acids is 1. The van der Waals surface area contributed by atoms with Gasteiger partial charge in [0.15, 0.2) is 0 Å². The quantitative estimate of drug-likeness (QED) is 0.607. The van der Waals surface area contributed by atoms with Gasteiger partial charge in [0, 0.05) is 12.0 Å². The zero-order valence-corrected chi connectivity index (χ0v) is 10.2. The average Bonchev–Trinajstić information content (AvgIpc) is 2.33. The van der Waals surface area contributed by atoms with Gasteiger partial charge in [-0.2, -0.15) is 5.10 Å². The molecule has 0 spiro atoms. The Balaban J connectivity index is 2.57. The van der Waals surface area contributed by atoms with E-state index in [1.807, 2.05) is 13.0 Å². The number of nitrogens with one attached hydrogen (secondary N) is 1. The second-order valence-electron chi connectivity index (χ2n) is 3.89. The average molecular weight is 234 g/mol. The van der Waals surface area contributed by atoms with Gasteiger partial charge in [0.05, 0.1) is 5.71 Å². The van der Waals surface area contributed by atoms with Crippen LogP contribution in [0.4, 0.5) is 0 Å². The molecular weight excluding hydrogens is 216 g/mol. The highest BCUT2D eigenvalue weighted by molar-refractivity contribution is 5.99. The fourth-order valence-corrected chi connectivity index (χ4v) is 1.33. The van der Waals surface area contributed by atoms with Crippen LogP contribution in [0.1, 0.15) is 38.7 Å². The van der Waals surface area contributed by atoms with E-state index in [0.717, 1.165) is 18.4 Å². The van der Waals surface area contributed by atoms with E-state index in [0.29, 0.717) is 12.1 Å². The van der Waals surface area contributed by atoms with Gasteiger partial charge >= 0.3 is 0 Å². The summed E-state index contributed by atoms with van der Waals surface area (Å²) >= 11 is 0. The van der Waals surface area contributed by atoms with E-state index < -0.39 is 0 Å². The van der Waals surface area contributed by atoms with Crippen molar-refractivity contribution in [3.8, 4) is 5.75 Å². The van der Waals surface area contributed by atoms with E-state index in [2.05, 4.69) is 10.5 Å². The molecule has 2 N–H and O–H groups in total. The Morgan fingerprint density at radius 1 is 1.47 bits per heavy atom. The van der Waals surface area contributed by atoms with Crippen molar-refractivity contribution in [3.05, 3.63) is 29.8 Å². The van der Waals surface area contributed by atoms with Crippen molar-refractivity contribution in [1.29, 1.82) is 0 Å². The number of carbonyl (C=O) groups is 1. The number of amides is 1. The van der Waals surface area contributed by atoms with Crippen LogP contribution in [0.15, 0.2) is 29.4 Å². The van der Waals surface area contributed by atoms with Crippen molar-refractivity contribution in [2.45, 2.75) is 33.1 Å². The lowest BCUT2D eigenvalue weighted by molar-refractivity contribution is -0.121. The minimum absolute atomic E-state index is 0.0775. The third-order valence-corrected chi connectivity index (χ3v) is 2.37. The van der Waals surface area contributed by atoms with Gasteiger partial charge in [-0.25, -0.2) is 5.43 Å². The molecule has 0 aliphatic carbocycles. The van der Waals surface area contributed by atoms with Crippen molar-refractivity contribution in [2.75, 3.05) is 0 Å². The Morgan fingerprint density at radius 3 is 2.88 bits per heavy atom. The number of unbranched alkanes of at least 4 members (excludes halogenated alkanes) is 1. The summed E-state index contributed by atoms with van der Waals surface area (Å²) in [5.41, 5.74) is 3.97. The number of aromatic hydroxyl groups is 1. The van der Waals surface area contributed by atoms with E-state index in [9.17, 15) is 9.90 Å². The first kappa shape index (κ1) is 13.2. The van der Waals surface area contributed by atoms with Gasteiger partial charge < -0.3 is 5.11 Å². The predicted octanol–water partition coefficient (Wildman–Crippen LogP) is 2.42. The molecule has 4 heteroatoms. The van der Waals surface area contributed by atoms with E-state index in [1.54, 1.807) is 25.1 Å². The maximum atomic E-state index is 11.3. The number of phenols is 1. The van der Waals surface area contributed by atoms with Gasteiger partial charge in [-0.1, -0.05) is 25.5 Å². The van der Waals surface area contributed by atoms with Crippen LogP contribution in [0.2, 0.25) is 0 Å². The van der Waals surface area contributed by atoms with E-state index in [1.165, 1.54) is 0 Å². The first-order chi connectivity index (χ1) is 8.13. The number of hydrazone groups is 1. The fraction of sp³-hybridized carbons (Fsp3) is 0.385. The molecule has 92 valence electrons. The van der Waals surface area contributed by atoms with Gasteiger partial charge in [0.1, 0.15) is 5.75 Å². The maximum absolute atomic E-state index is 11.3. The summed E-state index contributed by atoms with van der Waals surface area (Å²) in [7, 11) is 0. The first-order valence-electron chi connectivity index (χ1n) is 5.76. The highest BCUT2D eigenvalue weighted by Gasteiger charge is 2.01. The summed E-state index contributed by atoms with van der Waals surface area (Å²) in [4.78, 5) is 11.3. The minimum Gasteiger partial charge on any atom is -0.508 e. The molecule has 0 bridgehead atoms. The van der Waals surface area contributed by atoms with Crippen LogP contribution in [0, 0.1) is 0 Å². The number of rotatable bonds is 5. The molecule has 1 aromatic rings. The summed E-state index contributed by atoms with van der Waals surface area (Å²) in [6.45, 7) is 3.82. The second-order valence-corrected chi connectivity index (χ2v) is 3.89. The third-order valence-electron chi connectivity index (χ3n) is 2.37. The molecule has 17 heavy (non-hydrogen) atoms. The van der Waals surface area contributed by atoms with Crippen LogP contribution in [0.25, 0.3) is 0 Å². The Bertz CT molecular complexity index is 414. The van der Waals surface area contributed by atoms with Gasteiger partial charge in [-0.3, -0.25) is 4.79 Å². The lowest BCUT2D eigenvalue weighted by Crippen LogP contribution is -2.18. The Labute approximate surface area is 101 Å². The molecule has 0 aromatic heterocycles. The summed E-state index contributed by atoms with van der Waals surface area (Å²) in [6.07, 6.45) is 2.35. The van der Waals surface area contributed by atoms with Gasteiger partial charge in [0.2, 0.25) is 5.91 Å². The molecule has 0 heterocycles. The largest absolute Gasteiger partial charge is 0.508 e. The summed E-state index contributed by atoms with van der Waals surface area (Å²) in [6, 6.07) is 6.77. The Kier molecular flexibility index (Phi) is 5.20. The monoisotopic (exact) mass is 234 g/mol. The van der Waals surface area contributed by atoms with Crippen LogP contribution in [-0.2, 0) is 4.79 Å². The summed E-state index contributed by atoms with van der Waals surface area (Å²) in [5.74, 6) is 0.112. The molecule has 0 aliphatic rings. The van der Waals surface area contributed by atoms with Crippen molar-refractivity contribution in [3.63, 3.8) is 0 Å². The fourth-order valence-electron chi connectivity index (χ4n) is 1.33. The van der Waals surface area contributed by atoms with Crippen LogP contribution < -0.4 is 5.43 Å². The minimum atomic E-state index is -0.0775. The lowest BCUT2D eigenvalue weighted by Gasteiger charge is -2.03. The molecule has 0 saturated carbocycles. The van der Waals surface area contributed by atoms with Crippen LogP contribution in [0.3, 0.4) is 0 Å². The molecule has 4 nitrogen and oxygen atoms in total. The lowest BCUT2D eigenvalue weighted by atomic mass is 10.1. The standard InChI is InChI=1S/C13H18N2O2/c1-3-4-8-13(17)15-14-10(2)11-6-5-7-12(16)9-11/h5-7,9,16H,3-4,8H2,1-2H3,(H,15,17). The number of phenolic OH excluding ortho intramolecular Hbond substituents is 1. The van der Waals surface area contributed by atoms with E-state index >= 15 is 0 Å². The van der Waals surface area contributed by atoms with Crippen molar-refractivity contribution < 1.29 is 9.90 Å². The van der Waals surface area contributed by atoms with Crippen molar-refractivity contribution in [1.82, 2.24) is 5.43 Å². The molecule has 1 aromatic carbocycles. The smallest absolute Gasteiger partial charge is 0.240 e. The number of nitrogens with zero attached hydrogens (tertiary/aromatic N) is 1. The molecule has 0 fully saturated rings. The topological polar surface area (TPSA) is 61.7 Å². The summed E-state index contributed by atoms with van der Waals surface area (Å²) in [5, 5.41) is 13.3. The first-order valence-corrected chi connectivity index (χ1v) is 5.76. The molecular formula is C13H18N2O2. The molecule has 1 amide bonds. The van der Waals surface area contributed by atoms with Crippen LogP contribution >= 0.6 is 0 Å². The van der Waals surface area contributed by atoms with Crippen LogP contribution in [-0.4, -0.2) is 16.7 Å². The van der Waals surface area contributed by atoms with E-state index in [4.69, 9.17) is 0 Å². The zero-order valence-electron chi connectivity index (χ0n) is 10.2.